The highest BCUT2D eigenvalue weighted by atomic mass is 19.1. The first-order valence-electron chi connectivity index (χ1n) is 13.1. The van der Waals surface area contributed by atoms with E-state index in [9.17, 15) is 28.7 Å². The number of anilines is 1. The van der Waals surface area contributed by atoms with Crippen molar-refractivity contribution in [1.82, 2.24) is 24.4 Å². The summed E-state index contributed by atoms with van der Waals surface area (Å²) >= 11 is 0. The molecule has 5 rings (SSSR count). The molecule has 0 saturated carbocycles. The zero-order valence-corrected chi connectivity index (χ0v) is 22.9. The van der Waals surface area contributed by atoms with Crippen LogP contribution < -0.4 is 10.6 Å². The zero-order valence-electron chi connectivity index (χ0n) is 22.9. The number of benzene rings is 1. The molecule has 0 radical (unpaired) electrons. The molecule has 1 aliphatic rings. The molecule has 4 aromatic rings. The Morgan fingerprint density at radius 2 is 1.93 bits per heavy atom. The fourth-order valence-electron chi connectivity index (χ4n) is 5.25. The molecule has 1 aromatic carbocycles. The number of halogens is 2. The topological polar surface area (TPSA) is 128 Å². The van der Waals surface area contributed by atoms with Gasteiger partial charge in [-0.15, -0.1) is 0 Å². The minimum Gasteiger partial charge on any atom is -0.465 e. The predicted octanol–water partition coefficient (Wildman–Crippen LogP) is 4.61. The molecule has 1 atom stereocenters. The van der Waals surface area contributed by atoms with E-state index in [-0.39, 0.29) is 59.9 Å². The van der Waals surface area contributed by atoms with E-state index in [4.69, 9.17) is 0 Å². The molecule has 41 heavy (non-hydrogen) atoms. The standard InChI is InChI=1S/C29H27F2N7O3/c1-15(2)23-25(16(3)7-8-33-23)38-27-21(11-18(13-32)24(34-27)20-12-19(30)5-6-22(20)31)26(35-28(38)39)37-10-9-36(29(40)41)14-17(37)4/h5-8,11-12,15,17H,9-10,14H2,1-4H3,(H,40,41)/t17-/m0/s1. The molecule has 3 aromatic heterocycles. The van der Waals surface area contributed by atoms with Gasteiger partial charge in [0.1, 0.15) is 23.5 Å². The molecule has 1 N–H and O–H groups in total. The third kappa shape index (κ3) is 4.84. The quantitative estimate of drug-likeness (QED) is 0.384. The van der Waals surface area contributed by atoms with Crippen LogP contribution in [0, 0.1) is 29.9 Å². The normalized spacial score (nSPS) is 15.4. The van der Waals surface area contributed by atoms with Gasteiger partial charge in [-0.05, 0) is 55.7 Å². The van der Waals surface area contributed by atoms with Gasteiger partial charge >= 0.3 is 11.8 Å². The predicted molar refractivity (Wildman–Crippen MR) is 148 cm³/mol. The lowest BCUT2D eigenvalue weighted by atomic mass is 10.0. The number of amides is 1. The Hall–Kier alpha value is -4.92. The number of rotatable bonds is 4. The summed E-state index contributed by atoms with van der Waals surface area (Å²) in [7, 11) is 0. The highest BCUT2D eigenvalue weighted by Gasteiger charge is 2.31. The SMILES string of the molecule is Cc1ccnc(C(C)C)c1-n1c(=O)nc(N2CCN(C(=O)O)C[C@@H]2C)c2cc(C#N)c(-c3cc(F)ccc3F)nc21. The Bertz CT molecular complexity index is 1800. The number of aryl methyl sites for hydroxylation is 1. The van der Waals surface area contributed by atoms with Crippen molar-refractivity contribution in [3.8, 4) is 23.0 Å². The number of hydrogen-bond donors (Lipinski definition) is 1. The van der Waals surface area contributed by atoms with Gasteiger partial charge in [-0.1, -0.05) is 13.8 Å². The van der Waals surface area contributed by atoms with Gasteiger partial charge in [0, 0.05) is 37.4 Å². The monoisotopic (exact) mass is 559 g/mol. The number of aromatic nitrogens is 4. The first-order chi connectivity index (χ1) is 19.5. The summed E-state index contributed by atoms with van der Waals surface area (Å²) in [6.07, 6.45) is 0.592. The molecular weight excluding hydrogens is 532 g/mol. The smallest absolute Gasteiger partial charge is 0.407 e. The molecule has 10 nitrogen and oxygen atoms in total. The Morgan fingerprint density at radius 3 is 2.59 bits per heavy atom. The number of piperazine rings is 1. The summed E-state index contributed by atoms with van der Waals surface area (Å²) in [4.78, 5) is 42.1. The lowest BCUT2D eigenvalue weighted by Crippen LogP contribution is -2.54. The second-order valence-corrected chi connectivity index (χ2v) is 10.3. The summed E-state index contributed by atoms with van der Waals surface area (Å²) in [5.74, 6) is -1.36. The molecule has 12 heteroatoms. The second kappa shape index (κ2) is 10.6. The lowest BCUT2D eigenvalue weighted by Gasteiger charge is -2.39. The number of nitrogens with zero attached hydrogens (tertiary/aromatic N) is 7. The molecule has 1 saturated heterocycles. The Morgan fingerprint density at radius 1 is 1.17 bits per heavy atom. The van der Waals surface area contributed by atoms with Crippen molar-refractivity contribution >= 4 is 22.9 Å². The van der Waals surface area contributed by atoms with E-state index in [0.29, 0.717) is 16.8 Å². The van der Waals surface area contributed by atoms with E-state index in [2.05, 4.69) is 15.0 Å². The molecule has 210 valence electrons. The van der Waals surface area contributed by atoms with Gasteiger partial charge in [0.15, 0.2) is 5.65 Å². The van der Waals surface area contributed by atoms with Crippen molar-refractivity contribution in [2.24, 2.45) is 0 Å². The number of hydrogen-bond acceptors (Lipinski definition) is 7. The Labute approximate surface area is 234 Å². The van der Waals surface area contributed by atoms with Gasteiger partial charge in [0.05, 0.1) is 28.0 Å². The third-order valence-electron chi connectivity index (χ3n) is 7.25. The van der Waals surface area contributed by atoms with Crippen LogP contribution in [0.3, 0.4) is 0 Å². The van der Waals surface area contributed by atoms with E-state index in [1.807, 2.05) is 33.8 Å². The van der Waals surface area contributed by atoms with Crippen LogP contribution in [0.1, 0.15) is 43.5 Å². The van der Waals surface area contributed by atoms with Crippen LogP contribution in [0.4, 0.5) is 19.4 Å². The molecule has 0 aliphatic carbocycles. The first kappa shape index (κ1) is 27.6. The number of nitriles is 1. The van der Waals surface area contributed by atoms with Gasteiger partial charge in [0.2, 0.25) is 0 Å². The molecular formula is C29H27F2N7O3. The van der Waals surface area contributed by atoms with Gasteiger partial charge in [0.25, 0.3) is 0 Å². The van der Waals surface area contributed by atoms with Crippen LogP contribution >= 0.6 is 0 Å². The van der Waals surface area contributed by atoms with Crippen LogP contribution in [0.2, 0.25) is 0 Å². The number of pyridine rings is 2. The van der Waals surface area contributed by atoms with E-state index in [0.717, 1.165) is 23.8 Å². The minimum atomic E-state index is -1.05. The van der Waals surface area contributed by atoms with Crippen LogP contribution in [0.5, 0.6) is 0 Å². The average Bonchev–Trinajstić information content (AvgIpc) is 2.93. The summed E-state index contributed by atoms with van der Waals surface area (Å²) in [5.41, 5.74) is 0.799. The van der Waals surface area contributed by atoms with Gasteiger partial charge in [-0.25, -0.2) is 27.9 Å². The van der Waals surface area contributed by atoms with Crippen molar-refractivity contribution in [1.29, 1.82) is 5.26 Å². The molecule has 1 amide bonds. The van der Waals surface area contributed by atoms with Crippen molar-refractivity contribution in [2.45, 2.75) is 39.7 Å². The summed E-state index contributed by atoms with van der Waals surface area (Å²) < 4.78 is 30.5. The third-order valence-corrected chi connectivity index (χ3v) is 7.25. The highest BCUT2D eigenvalue weighted by molar-refractivity contribution is 5.92. The average molecular weight is 560 g/mol. The molecule has 0 spiro atoms. The van der Waals surface area contributed by atoms with Crippen molar-refractivity contribution in [2.75, 3.05) is 24.5 Å². The van der Waals surface area contributed by atoms with E-state index >= 15 is 0 Å². The van der Waals surface area contributed by atoms with E-state index in [1.165, 1.54) is 15.5 Å². The van der Waals surface area contributed by atoms with Crippen LogP contribution in [0.15, 0.2) is 41.3 Å². The van der Waals surface area contributed by atoms with Crippen molar-refractivity contribution in [3.05, 3.63) is 75.5 Å². The molecule has 1 fully saturated rings. The summed E-state index contributed by atoms with van der Waals surface area (Å²) in [5, 5.41) is 19.9. The second-order valence-electron chi connectivity index (χ2n) is 10.3. The number of fused-ring (bicyclic) bond motifs is 1. The van der Waals surface area contributed by atoms with E-state index in [1.54, 1.807) is 17.2 Å². The molecule has 1 aliphatic heterocycles. The summed E-state index contributed by atoms with van der Waals surface area (Å²) in [6, 6.07) is 7.76. The fraction of sp³-hybridized carbons (Fsp3) is 0.310. The zero-order chi connectivity index (χ0) is 29.6. The van der Waals surface area contributed by atoms with Crippen LogP contribution in [-0.4, -0.2) is 61.3 Å². The van der Waals surface area contributed by atoms with Crippen molar-refractivity contribution in [3.63, 3.8) is 0 Å². The molecule has 0 bridgehead atoms. The van der Waals surface area contributed by atoms with Gasteiger partial charge in [-0.2, -0.15) is 10.2 Å². The van der Waals surface area contributed by atoms with Gasteiger partial charge in [-0.3, -0.25) is 4.98 Å². The maximum absolute atomic E-state index is 15.0. The highest BCUT2D eigenvalue weighted by Crippen LogP contribution is 2.34. The maximum atomic E-state index is 15.0. The van der Waals surface area contributed by atoms with Crippen LogP contribution in [0.25, 0.3) is 28.0 Å². The van der Waals surface area contributed by atoms with Crippen LogP contribution in [-0.2, 0) is 0 Å². The van der Waals surface area contributed by atoms with Gasteiger partial charge < -0.3 is 14.9 Å². The number of carbonyl (C=O) groups is 1. The number of carboxylic acid groups (broad SMARTS) is 1. The molecule has 4 heterocycles. The van der Waals surface area contributed by atoms with E-state index < -0.39 is 23.4 Å². The Kier molecular flexibility index (Phi) is 7.13. The largest absolute Gasteiger partial charge is 0.465 e. The lowest BCUT2D eigenvalue weighted by molar-refractivity contribution is 0.136. The fourth-order valence-corrected chi connectivity index (χ4v) is 5.25. The molecule has 0 unspecified atom stereocenters. The maximum Gasteiger partial charge on any atom is 0.407 e. The minimum absolute atomic E-state index is 0.0425. The summed E-state index contributed by atoms with van der Waals surface area (Å²) in [6.45, 7) is 8.08. The van der Waals surface area contributed by atoms with Crippen molar-refractivity contribution < 1.29 is 18.7 Å². The Balaban J connectivity index is 1.88. The first-order valence-corrected chi connectivity index (χ1v) is 13.1.